The maximum atomic E-state index is 13.4. The number of hydrogen-bond donors (Lipinski definition) is 7. The molecule has 36 heavy (non-hydrogen) atoms. The molecule has 0 spiro atoms. The Hall–Kier alpha value is -3.68. The number of aliphatic carboxylic acids is 1. The fourth-order valence-corrected chi connectivity index (χ4v) is 4.53. The summed E-state index contributed by atoms with van der Waals surface area (Å²) in [5, 5.41) is 18.1. The van der Waals surface area contributed by atoms with Crippen molar-refractivity contribution in [2.75, 3.05) is 19.6 Å². The van der Waals surface area contributed by atoms with Crippen LogP contribution in [0.2, 0.25) is 0 Å². The van der Waals surface area contributed by atoms with Gasteiger partial charge >= 0.3 is 5.97 Å². The third-order valence-corrected chi connectivity index (χ3v) is 6.37. The van der Waals surface area contributed by atoms with Crippen LogP contribution in [0, 0.1) is 0 Å². The first-order valence-corrected chi connectivity index (χ1v) is 12.2. The van der Waals surface area contributed by atoms with Gasteiger partial charge in [-0.05, 0) is 45.1 Å². The van der Waals surface area contributed by atoms with Crippen molar-refractivity contribution >= 4 is 29.7 Å². The van der Waals surface area contributed by atoms with E-state index in [1.54, 1.807) is 6.20 Å². The lowest BCUT2D eigenvalue weighted by atomic mass is 10.1. The quantitative estimate of drug-likeness (QED) is 0.0929. The van der Waals surface area contributed by atoms with Crippen molar-refractivity contribution in [3.8, 4) is 0 Å². The van der Waals surface area contributed by atoms with Gasteiger partial charge < -0.3 is 42.4 Å². The number of carbonyl (C=O) groups is 4. The highest BCUT2D eigenvalue weighted by molar-refractivity contribution is 5.94. The van der Waals surface area contributed by atoms with Gasteiger partial charge in [0.2, 0.25) is 17.7 Å². The Morgan fingerprint density at radius 1 is 1.19 bits per heavy atom. The first-order chi connectivity index (χ1) is 17.3. The largest absolute Gasteiger partial charge is 0.480 e. The minimum absolute atomic E-state index is 0.0877. The molecule has 4 atom stereocenters. The van der Waals surface area contributed by atoms with Crippen molar-refractivity contribution in [3.63, 3.8) is 0 Å². The molecular weight excluding hydrogens is 470 g/mol. The summed E-state index contributed by atoms with van der Waals surface area (Å²) in [6.07, 6.45) is 6.18. The standard InChI is InChI=1S/C22H35N9O5/c23-22(24)27-8-2-5-15(20(34)31-9-3-6-17(31)21(35)36)29-19(33)16(10-13-11-25-12-28-13)30-18(32)14-4-1-7-26-14/h11-12,14-17,26H,1-10H2,(H,25,28)(H,29,33)(H,30,32)(H,35,36)(H4,23,24,27). The molecule has 198 valence electrons. The summed E-state index contributed by atoms with van der Waals surface area (Å²) in [5.41, 5.74) is 11.4. The third kappa shape index (κ3) is 7.41. The minimum Gasteiger partial charge on any atom is -0.480 e. The Balaban J connectivity index is 1.74. The van der Waals surface area contributed by atoms with Crippen LogP contribution in [0.15, 0.2) is 17.5 Å². The number of aliphatic imine (C=N–C) groups is 1. The summed E-state index contributed by atoms with van der Waals surface area (Å²) in [5.74, 6) is -2.51. The lowest BCUT2D eigenvalue weighted by Crippen LogP contribution is -2.57. The Kier molecular flexibility index (Phi) is 9.61. The van der Waals surface area contributed by atoms with Gasteiger partial charge in [0.1, 0.15) is 18.1 Å². The molecular formula is C22H35N9O5. The summed E-state index contributed by atoms with van der Waals surface area (Å²) in [7, 11) is 0. The smallest absolute Gasteiger partial charge is 0.326 e. The molecule has 0 radical (unpaired) electrons. The molecule has 2 saturated heterocycles. The Morgan fingerprint density at radius 2 is 2.00 bits per heavy atom. The van der Waals surface area contributed by atoms with Crippen molar-refractivity contribution < 1.29 is 24.3 Å². The van der Waals surface area contributed by atoms with E-state index in [-0.39, 0.29) is 43.8 Å². The van der Waals surface area contributed by atoms with Crippen LogP contribution in [-0.2, 0) is 25.6 Å². The molecule has 0 bridgehead atoms. The highest BCUT2D eigenvalue weighted by atomic mass is 16.4. The number of nitrogens with two attached hydrogens (primary N) is 2. The fourth-order valence-electron chi connectivity index (χ4n) is 4.53. The number of imidazole rings is 1. The topological polar surface area (TPSA) is 221 Å². The van der Waals surface area contributed by atoms with Gasteiger partial charge in [0, 0.05) is 31.4 Å². The highest BCUT2D eigenvalue weighted by Gasteiger charge is 2.38. The number of nitrogens with one attached hydrogen (secondary N) is 4. The van der Waals surface area contributed by atoms with Gasteiger partial charge in [-0.15, -0.1) is 0 Å². The molecule has 3 amide bonds. The van der Waals surface area contributed by atoms with Crippen LogP contribution in [0.5, 0.6) is 0 Å². The molecule has 0 aliphatic carbocycles. The number of likely N-dealkylation sites (tertiary alicyclic amines) is 1. The molecule has 1 aromatic heterocycles. The highest BCUT2D eigenvalue weighted by Crippen LogP contribution is 2.20. The number of H-pyrrole nitrogens is 1. The molecule has 2 aliphatic rings. The number of hydrogen-bond acceptors (Lipinski definition) is 7. The van der Waals surface area contributed by atoms with E-state index < -0.39 is 35.9 Å². The number of carboxylic acid groups (broad SMARTS) is 1. The van der Waals surface area contributed by atoms with Crippen LogP contribution in [0.1, 0.15) is 44.2 Å². The van der Waals surface area contributed by atoms with E-state index in [4.69, 9.17) is 11.5 Å². The maximum Gasteiger partial charge on any atom is 0.326 e. The molecule has 2 fully saturated rings. The molecule has 2 aliphatic heterocycles. The van der Waals surface area contributed by atoms with Gasteiger partial charge in [-0.3, -0.25) is 19.4 Å². The maximum absolute atomic E-state index is 13.4. The molecule has 3 heterocycles. The first kappa shape index (κ1) is 26.9. The van der Waals surface area contributed by atoms with Crippen LogP contribution in [0.25, 0.3) is 0 Å². The number of nitrogens with zero attached hydrogens (tertiary/aromatic N) is 3. The second kappa shape index (κ2) is 12.9. The number of rotatable bonds is 12. The predicted octanol–water partition coefficient (Wildman–Crippen LogP) is -2.20. The summed E-state index contributed by atoms with van der Waals surface area (Å²) in [6, 6.07) is -3.30. The number of carbonyl (C=O) groups excluding carboxylic acids is 3. The number of aromatic amines is 1. The van der Waals surface area contributed by atoms with Crippen LogP contribution in [-0.4, -0.2) is 93.4 Å². The van der Waals surface area contributed by atoms with Crippen molar-refractivity contribution in [2.24, 2.45) is 16.5 Å². The van der Waals surface area contributed by atoms with E-state index in [2.05, 4.69) is 30.9 Å². The van der Waals surface area contributed by atoms with Crippen molar-refractivity contribution in [1.29, 1.82) is 0 Å². The molecule has 0 aromatic carbocycles. The first-order valence-electron chi connectivity index (χ1n) is 12.2. The predicted molar refractivity (Wildman–Crippen MR) is 129 cm³/mol. The lowest BCUT2D eigenvalue weighted by Gasteiger charge is -2.29. The second-order valence-corrected chi connectivity index (χ2v) is 9.03. The average molecular weight is 506 g/mol. The zero-order valence-corrected chi connectivity index (χ0v) is 20.1. The monoisotopic (exact) mass is 505 g/mol. The normalized spacial score (nSPS) is 20.9. The lowest BCUT2D eigenvalue weighted by molar-refractivity contribution is -0.149. The molecule has 1 aromatic rings. The van der Waals surface area contributed by atoms with Gasteiger partial charge in [0.05, 0.1) is 12.4 Å². The van der Waals surface area contributed by atoms with Crippen LogP contribution >= 0.6 is 0 Å². The van der Waals surface area contributed by atoms with Crippen molar-refractivity contribution in [2.45, 2.75) is 69.1 Å². The number of carboxylic acids is 1. The van der Waals surface area contributed by atoms with Crippen molar-refractivity contribution in [1.82, 2.24) is 30.8 Å². The van der Waals surface area contributed by atoms with Gasteiger partial charge in [0.15, 0.2) is 5.96 Å². The molecule has 0 saturated carbocycles. The van der Waals surface area contributed by atoms with Gasteiger partial charge in [-0.2, -0.15) is 0 Å². The summed E-state index contributed by atoms with van der Waals surface area (Å²) in [4.78, 5) is 63.2. The van der Waals surface area contributed by atoms with Gasteiger partial charge in [-0.1, -0.05) is 0 Å². The second-order valence-electron chi connectivity index (χ2n) is 9.03. The molecule has 9 N–H and O–H groups in total. The number of amides is 3. The van der Waals surface area contributed by atoms with Crippen molar-refractivity contribution in [3.05, 3.63) is 18.2 Å². The molecule has 14 heteroatoms. The van der Waals surface area contributed by atoms with E-state index in [1.165, 1.54) is 11.2 Å². The molecule has 4 unspecified atom stereocenters. The van der Waals surface area contributed by atoms with Crippen LogP contribution < -0.4 is 27.4 Å². The van der Waals surface area contributed by atoms with Crippen LogP contribution in [0.3, 0.4) is 0 Å². The minimum atomic E-state index is -1.08. The summed E-state index contributed by atoms with van der Waals surface area (Å²) in [6.45, 7) is 1.26. The van der Waals surface area contributed by atoms with Gasteiger partial charge in [0.25, 0.3) is 0 Å². The summed E-state index contributed by atoms with van der Waals surface area (Å²) < 4.78 is 0. The molecule has 3 rings (SSSR count). The Bertz CT molecular complexity index is 942. The Morgan fingerprint density at radius 3 is 2.64 bits per heavy atom. The Labute approximate surface area is 208 Å². The zero-order valence-electron chi connectivity index (χ0n) is 20.1. The third-order valence-electron chi connectivity index (χ3n) is 6.37. The van der Waals surface area contributed by atoms with Gasteiger partial charge in [-0.25, -0.2) is 9.78 Å². The van der Waals surface area contributed by atoms with E-state index in [9.17, 15) is 24.3 Å². The SMILES string of the molecule is NC(N)=NCCCC(NC(=O)C(Cc1cnc[nH]1)NC(=O)C1CCCN1)C(=O)N1CCCC1C(=O)O. The number of aromatic nitrogens is 2. The van der Waals surface area contributed by atoms with E-state index in [0.717, 1.165) is 13.0 Å². The van der Waals surface area contributed by atoms with Crippen LogP contribution in [0.4, 0.5) is 0 Å². The molecule has 14 nitrogen and oxygen atoms in total. The van der Waals surface area contributed by atoms with E-state index in [0.29, 0.717) is 31.4 Å². The zero-order chi connectivity index (χ0) is 26.1. The fraction of sp³-hybridized carbons (Fsp3) is 0.636. The average Bonchev–Trinajstić information content (AvgIpc) is 3.62. The van der Waals surface area contributed by atoms with E-state index >= 15 is 0 Å². The number of guanidine groups is 1. The summed E-state index contributed by atoms with van der Waals surface area (Å²) >= 11 is 0. The van der Waals surface area contributed by atoms with E-state index in [1.807, 2.05) is 0 Å².